The van der Waals surface area contributed by atoms with Crippen molar-refractivity contribution in [2.24, 2.45) is 0 Å². The summed E-state index contributed by atoms with van der Waals surface area (Å²) in [6, 6.07) is 10.7. The zero-order valence-corrected chi connectivity index (χ0v) is 13.0. The summed E-state index contributed by atoms with van der Waals surface area (Å²) in [7, 11) is 3.34. The Morgan fingerprint density at radius 2 is 2.17 bits per heavy atom. The molecule has 120 valence electrons. The summed E-state index contributed by atoms with van der Waals surface area (Å²) in [5.41, 5.74) is 1.69. The molecule has 7 nitrogen and oxygen atoms in total. The first-order valence-corrected chi connectivity index (χ1v) is 7.32. The molecule has 2 heterocycles. The van der Waals surface area contributed by atoms with E-state index in [9.17, 15) is 9.59 Å². The lowest BCUT2D eigenvalue weighted by Crippen LogP contribution is -2.43. The van der Waals surface area contributed by atoms with Crippen LogP contribution >= 0.6 is 0 Å². The van der Waals surface area contributed by atoms with Crippen molar-refractivity contribution >= 4 is 11.9 Å². The van der Waals surface area contributed by atoms with Gasteiger partial charge >= 0.3 is 6.03 Å². The van der Waals surface area contributed by atoms with Crippen molar-refractivity contribution < 1.29 is 14.1 Å². The normalized spacial score (nSPS) is 17.2. The molecule has 1 aliphatic heterocycles. The lowest BCUT2D eigenvalue weighted by molar-refractivity contribution is -0.132. The lowest BCUT2D eigenvalue weighted by Gasteiger charge is -2.19. The monoisotopic (exact) mass is 314 g/mol. The van der Waals surface area contributed by atoms with Gasteiger partial charge in [-0.1, -0.05) is 35.5 Å². The van der Waals surface area contributed by atoms with E-state index >= 15 is 0 Å². The van der Waals surface area contributed by atoms with Crippen LogP contribution in [0.25, 0.3) is 11.3 Å². The van der Waals surface area contributed by atoms with Crippen LogP contribution < -0.4 is 5.32 Å². The van der Waals surface area contributed by atoms with Gasteiger partial charge in [0.05, 0.1) is 13.1 Å². The van der Waals surface area contributed by atoms with Gasteiger partial charge in [-0.25, -0.2) is 4.79 Å². The van der Waals surface area contributed by atoms with Crippen molar-refractivity contribution in [1.82, 2.24) is 20.3 Å². The van der Waals surface area contributed by atoms with Crippen LogP contribution in [0.3, 0.4) is 0 Å². The highest BCUT2D eigenvalue weighted by atomic mass is 16.5. The van der Waals surface area contributed by atoms with Crippen molar-refractivity contribution in [2.75, 3.05) is 20.6 Å². The van der Waals surface area contributed by atoms with Gasteiger partial charge in [0.1, 0.15) is 11.7 Å². The molecule has 7 heteroatoms. The molecule has 0 aliphatic carbocycles. The molecule has 1 aromatic heterocycles. The highest BCUT2D eigenvalue weighted by Gasteiger charge is 2.33. The predicted molar refractivity (Wildman–Crippen MR) is 83.4 cm³/mol. The number of urea groups is 1. The quantitative estimate of drug-likeness (QED) is 0.923. The van der Waals surface area contributed by atoms with Crippen LogP contribution in [0.4, 0.5) is 4.79 Å². The van der Waals surface area contributed by atoms with Crippen LogP contribution in [0.1, 0.15) is 5.76 Å². The number of benzene rings is 1. The topological polar surface area (TPSA) is 78.7 Å². The van der Waals surface area contributed by atoms with E-state index in [4.69, 9.17) is 4.52 Å². The zero-order valence-electron chi connectivity index (χ0n) is 13.0. The summed E-state index contributed by atoms with van der Waals surface area (Å²) in [5, 5.41) is 6.68. The molecule has 1 fully saturated rings. The van der Waals surface area contributed by atoms with Gasteiger partial charge in [-0.15, -0.1) is 0 Å². The second-order valence-corrected chi connectivity index (χ2v) is 5.62. The molecule has 0 saturated carbocycles. The number of nitrogens with one attached hydrogen (secondary N) is 1. The molecule has 0 unspecified atom stereocenters. The van der Waals surface area contributed by atoms with Crippen LogP contribution in [0.15, 0.2) is 40.9 Å². The third-order valence-corrected chi connectivity index (χ3v) is 3.80. The number of rotatable bonds is 4. The molecule has 0 bridgehead atoms. The summed E-state index contributed by atoms with van der Waals surface area (Å²) >= 11 is 0. The highest BCUT2D eigenvalue weighted by molar-refractivity contribution is 5.90. The van der Waals surface area contributed by atoms with Crippen LogP contribution in [0.2, 0.25) is 0 Å². The Morgan fingerprint density at radius 3 is 2.83 bits per heavy atom. The van der Waals surface area contributed by atoms with Gasteiger partial charge in [0.2, 0.25) is 5.91 Å². The number of hydrogen-bond acceptors (Lipinski definition) is 4. The number of carbonyl (C=O) groups is 2. The van der Waals surface area contributed by atoms with Gasteiger partial charge in [-0.3, -0.25) is 4.79 Å². The molecule has 1 aromatic carbocycles. The van der Waals surface area contributed by atoms with E-state index in [0.29, 0.717) is 18.8 Å². The number of nitrogens with zero attached hydrogens (tertiary/aromatic N) is 3. The summed E-state index contributed by atoms with van der Waals surface area (Å²) in [4.78, 5) is 26.8. The molecular weight excluding hydrogens is 296 g/mol. The van der Waals surface area contributed by atoms with Crippen molar-refractivity contribution in [2.45, 2.75) is 12.6 Å². The van der Waals surface area contributed by atoms with Crippen LogP contribution in [0, 0.1) is 0 Å². The highest BCUT2D eigenvalue weighted by Crippen LogP contribution is 2.19. The molecule has 2 aromatic rings. The number of carbonyl (C=O) groups excluding carboxylic acids is 2. The van der Waals surface area contributed by atoms with Crippen molar-refractivity contribution in [3.05, 3.63) is 42.2 Å². The Labute approximate surface area is 133 Å². The third-order valence-electron chi connectivity index (χ3n) is 3.80. The maximum atomic E-state index is 12.3. The fraction of sp³-hybridized carbons (Fsp3) is 0.312. The summed E-state index contributed by atoms with van der Waals surface area (Å²) in [5.74, 6) is 0.442. The maximum absolute atomic E-state index is 12.3. The molecule has 0 radical (unpaired) electrons. The average molecular weight is 314 g/mol. The van der Waals surface area contributed by atoms with Gasteiger partial charge in [-0.2, -0.15) is 0 Å². The van der Waals surface area contributed by atoms with Crippen molar-refractivity contribution in [1.29, 1.82) is 0 Å². The van der Waals surface area contributed by atoms with E-state index in [1.165, 1.54) is 9.80 Å². The number of likely N-dealkylation sites (N-methyl/N-ethyl adjacent to an activating group) is 2. The molecule has 1 aliphatic rings. The van der Waals surface area contributed by atoms with E-state index in [-0.39, 0.29) is 11.9 Å². The predicted octanol–water partition coefficient (Wildman–Crippen LogP) is 1.32. The molecule has 3 rings (SSSR count). The summed E-state index contributed by atoms with van der Waals surface area (Å²) < 4.78 is 5.30. The Kier molecular flexibility index (Phi) is 4.01. The SMILES string of the molecule is CN1C[C@H](C(=O)N(C)Cc2cc(-c3ccccc3)no2)NC1=O. The van der Waals surface area contributed by atoms with E-state index < -0.39 is 6.04 Å². The van der Waals surface area contributed by atoms with E-state index in [1.807, 2.05) is 36.4 Å². The minimum absolute atomic E-state index is 0.152. The Balaban J connectivity index is 1.64. The zero-order chi connectivity index (χ0) is 16.4. The number of hydrogen-bond donors (Lipinski definition) is 1. The Bertz CT molecular complexity index is 713. The molecule has 3 amide bonds. The van der Waals surface area contributed by atoms with Gasteiger partial charge in [0, 0.05) is 25.7 Å². The van der Waals surface area contributed by atoms with Crippen molar-refractivity contribution in [3.63, 3.8) is 0 Å². The fourth-order valence-electron chi connectivity index (χ4n) is 2.51. The lowest BCUT2D eigenvalue weighted by atomic mass is 10.1. The molecule has 1 N–H and O–H groups in total. The smallest absolute Gasteiger partial charge is 0.317 e. The first-order valence-electron chi connectivity index (χ1n) is 7.32. The summed E-state index contributed by atoms with van der Waals surface area (Å²) in [6.07, 6.45) is 0. The second kappa shape index (κ2) is 6.12. The number of aromatic nitrogens is 1. The molecular formula is C16H18N4O3. The van der Waals surface area contributed by atoms with Gasteiger partial charge in [0.25, 0.3) is 0 Å². The molecule has 0 spiro atoms. The average Bonchev–Trinajstić information content (AvgIpc) is 3.15. The Morgan fingerprint density at radius 1 is 1.43 bits per heavy atom. The minimum Gasteiger partial charge on any atom is -0.359 e. The standard InChI is InChI=1S/C16H18N4O3/c1-19(15(21)14-10-20(2)16(22)17-14)9-12-8-13(18-23-12)11-6-4-3-5-7-11/h3-8,14H,9-10H2,1-2H3,(H,17,22)/t14-/m1/s1. The first-order chi connectivity index (χ1) is 11.0. The van der Waals surface area contributed by atoms with Gasteiger partial charge < -0.3 is 19.6 Å². The largest absolute Gasteiger partial charge is 0.359 e. The molecule has 1 atom stereocenters. The molecule has 1 saturated heterocycles. The Hall–Kier alpha value is -2.83. The first kappa shape index (κ1) is 15.1. The van der Waals surface area contributed by atoms with Crippen LogP contribution in [0.5, 0.6) is 0 Å². The van der Waals surface area contributed by atoms with Crippen LogP contribution in [-0.4, -0.2) is 53.6 Å². The minimum atomic E-state index is -0.519. The van der Waals surface area contributed by atoms with E-state index in [0.717, 1.165) is 11.3 Å². The van der Waals surface area contributed by atoms with E-state index in [2.05, 4.69) is 10.5 Å². The van der Waals surface area contributed by atoms with Crippen LogP contribution in [-0.2, 0) is 11.3 Å². The fourth-order valence-corrected chi connectivity index (χ4v) is 2.51. The number of amides is 3. The summed E-state index contributed by atoms with van der Waals surface area (Å²) in [6.45, 7) is 0.669. The second-order valence-electron chi connectivity index (χ2n) is 5.62. The molecule has 23 heavy (non-hydrogen) atoms. The van der Waals surface area contributed by atoms with E-state index in [1.54, 1.807) is 14.1 Å². The van der Waals surface area contributed by atoms with Gasteiger partial charge in [-0.05, 0) is 0 Å². The maximum Gasteiger partial charge on any atom is 0.317 e. The van der Waals surface area contributed by atoms with Crippen molar-refractivity contribution in [3.8, 4) is 11.3 Å². The third kappa shape index (κ3) is 3.18. The van der Waals surface area contributed by atoms with Gasteiger partial charge in [0.15, 0.2) is 5.76 Å².